The number of halogens is 3. The number of aliphatic hydroxyl groups excluding tert-OH is 1. The molecule has 0 saturated heterocycles. The molecule has 0 bridgehead atoms. The molecular weight excluding hydrogens is 315 g/mol. The number of methoxy groups -OCH3 is 1. The van der Waals surface area contributed by atoms with Gasteiger partial charge >= 0.3 is 6.18 Å². The van der Waals surface area contributed by atoms with Crippen molar-refractivity contribution in [1.29, 1.82) is 0 Å². The van der Waals surface area contributed by atoms with E-state index in [1.165, 1.54) is 0 Å². The summed E-state index contributed by atoms with van der Waals surface area (Å²) < 4.78 is 46.6. The van der Waals surface area contributed by atoms with Crippen molar-refractivity contribution in [2.75, 3.05) is 20.3 Å². The molecule has 8 heteroatoms. The van der Waals surface area contributed by atoms with Gasteiger partial charge in [0.15, 0.2) is 12.2 Å². The maximum atomic E-state index is 12.1. The number of hydrogen-bond acceptors (Lipinski definition) is 5. The third-order valence-electron chi connectivity index (χ3n) is 3.31. The van der Waals surface area contributed by atoms with E-state index >= 15 is 0 Å². The van der Waals surface area contributed by atoms with Gasteiger partial charge in [-0.1, -0.05) is 5.16 Å². The Morgan fingerprint density at radius 3 is 2.65 bits per heavy atom. The zero-order valence-electron chi connectivity index (χ0n) is 12.5. The van der Waals surface area contributed by atoms with E-state index in [0.29, 0.717) is 18.8 Å². The van der Waals surface area contributed by atoms with E-state index in [1.807, 2.05) is 0 Å². The van der Waals surface area contributed by atoms with Crippen molar-refractivity contribution in [1.82, 2.24) is 0 Å². The molecule has 1 aromatic carbocycles. The summed E-state index contributed by atoms with van der Waals surface area (Å²) in [6.07, 6.45) is -6.97. The number of hydrogen-bond donors (Lipinski definition) is 1. The molecule has 0 amide bonds. The van der Waals surface area contributed by atoms with Gasteiger partial charge in [-0.3, -0.25) is 0 Å². The van der Waals surface area contributed by atoms with E-state index in [1.54, 1.807) is 31.4 Å². The molecule has 0 radical (unpaired) electrons. The summed E-state index contributed by atoms with van der Waals surface area (Å²) in [7, 11) is 1.59. The molecule has 0 saturated carbocycles. The average molecular weight is 333 g/mol. The van der Waals surface area contributed by atoms with Crippen LogP contribution in [0.1, 0.15) is 18.4 Å². The summed E-state index contributed by atoms with van der Waals surface area (Å²) in [6.45, 7) is 0.232. The Kier molecular flexibility index (Phi) is 5.84. The van der Waals surface area contributed by atoms with Crippen LogP contribution in [-0.4, -0.2) is 49.5 Å². The molecule has 1 N–H and O–H groups in total. The van der Waals surface area contributed by atoms with Gasteiger partial charge in [-0.2, -0.15) is 13.2 Å². The summed E-state index contributed by atoms with van der Waals surface area (Å²) in [4.78, 5) is 5.21. The van der Waals surface area contributed by atoms with E-state index in [4.69, 9.17) is 19.4 Å². The molecule has 1 heterocycles. The Bertz CT molecular complexity index is 531. The number of oxime groups is 1. The molecule has 0 aromatic heterocycles. The van der Waals surface area contributed by atoms with Crippen molar-refractivity contribution in [2.24, 2.45) is 5.16 Å². The first-order chi connectivity index (χ1) is 10.9. The minimum absolute atomic E-state index is 0.102. The van der Waals surface area contributed by atoms with Crippen molar-refractivity contribution >= 4 is 5.71 Å². The van der Waals surface area contributed by atoms with Crippen molar-refractivity contribution in [2.45, 2.75) is 31.2 Å². The molecule has 128 valence electrons. The zero-order chi connectivity index (χ0) is 16.9. The van der Waals surface area contributed by atoms with Crippen molar-refractivity contribution in [3.63, 3.8) is 0 Å². The first kappa shape index (κ1) is 17.6. The number of ether oxygens (including phenoxy) is 2. The van der Waals surface area contributed by atoms with Gasteiger partial charge in [0.2, 0.25) is 0 Å². The number of alkyl halides is 3. The Hall–Kier alpha value is -1.80. The van der Waals surface area contributed by atoms with Gasteiger partial charge in [0, 0.05) is 20.0 Å². The fourth-order valence-corrected chi connectivity index (χ4v) is 2.07. The largest absolute Gasteiger partial charge is 0.493 e. The number of rotatable bonds is 7. The van der Waals surface area contributed by atoms with Crippen LogP contribution in [0.3, 0.4) is 0 Å². The maximum absolute atomic E-state index is 12.1. The van der Waals surface area contributed by atoms with Gasteiger partial charge in [0.05, 0.1) is 18.9 Å². The van der Waals surface area contributed by atoms with Crippen molar-refractivity contribution in [3.05, 3.63) is 29.8 Å². The van der Waals surface area contributed by atoms with Gasteiger partial charge < -0.3 is 19.4 Å². The first-order valence-electron chi connectivity index (χ1n) is 7.10. The van der Waals surface area contributed by atoms with Crippen LogP contribution in [0.5, 0.6) is 5.75 Å². The van der Waals surface area contributed by atoms with Crippen LogP contribution in [0.25, 0.3) is 0 Å². The summed E-state index contributed by atoms with van der Waals surface area (Å²) in [5.74, 6) is 0.427. The molecule has 2 atom stereocenters. The second kappa shape index (κ2) is 7.65. The topological polar surface area (TPSA) is 60.3 Å². The highest BCUT2D eigenvalue weighted by Gasteiger charge is 2.37. The van der Waals surface area contributed by atoms with Gasteiger partial charge in [-0.05, 0) is 29.8 Å². The smallest absolute Gasteiger partial charge is 0.414 e. The van der Waals surface area contributed by atoms with E-state index in [-0.39, 0.29) is 12.7 Å². The number of nitrogens with zero attached hydrogens (tertiary/aromatic N) is 1. The van der Waals surface area contributed by atoms with Crippen molar-refractivity contribution in [3.8, 4) is 5.75 Å². The normalized spacial score (nSPS) is 19.2. The summed E-state index contributed by atoms with van der Waals surface area (Å²) in [5, 5.41) is 12.9. The lowest BCUT2D eigenvalue weighted by Gasteiger charge is -2.14. The van der Waals surface area contributed by atoms with E-state index < -0.39 is 18.7 Å². The minimum Gasteiger partial charge on any atom is -0.493 e. The molecule has 1 aliphatic rings. The number of benzene rings is 1. The van der Waals surface area contributed by atoms with Crippen molar-refractivity contribution < 1.29 is 32.6 Å². The molecule has 5 nitrogen and oxygen atoms in total. The van der Waals surface area contributed by atoms with Crippen LogP contribution in [-0.2, 0) is 9.57 Å². The summed E-state index contributed by atoms with van der Waals surface area (Å²) in [6, 6.07) is 6.79. The van der Waals surface area contributed by atoms with Gasteiger partial charge in [0.25, 0.3) is 0 Å². The van der Waals surface area contributed by atoms with Crippen LogP contribution in [0.15, 0.2) is 29.4 Å². The lowest BCUT2D eigenvalue weighted by atomic mass is 10.1. The molecule has 23 heavy (non-hydrogen) atoms. The Balaban J connectivity index is 1.81. The zero-order valence-corrected chi connectivity index (χ0v) is 12.5. The Morgan fingerprint density at radius 1 is 1.35 bits per heavy atom. The fraction of sp³-hybridized carbons (Fsp3) is 0.533. The predicted molar refractivity (Wildman–Crippen MR) is 76.5 cm³/mol. The van der Waals surface area contributed by atoms with Crippen LogP contribution in [0.2, 0.25) is 0 Å². The third kappa shape index (κ3) is 5.11. The van der Waals surface area contributed by atoms with Crippen LogP contribution in [0, 0.1) is 0 Å². The second-order valence-electron chi connectivity index (χ2n) is 5.14. The fourth-order valence-electron chi connectivity index (χ4n) is 2.07. The van der Waals surface area contributed by atoms with E-state index in [2.05, 4.69) is 5.16 Å². The quantitative estimate of drug-likeness (QED) is 0.833. The van der Waals surface area contributed by atoms with E-state index in [0.717, 1.165) is 11.3 Å². The van der Waals surface area contributed by atoms with Gasteiger partial charge in [0.1, 0.15) is 5.75 Å². The molecule has 0 aliphatic carbocycles. The Labute approximate surface area is 131 Å². The first-order valence-corrected chi connectivity index (χ1v) is 7.10. The van der Waals surface area contributed by atoms with E-state index in [9.17, 15) is 13.2 Å². The highest BCUT2D eigenvalue weighted by Crippen LogP contribution is 2.23. The lowest BCUT2D eigenvalue weighted by molar-refractivity contribution is -0.206. The molecular formula is C15H18F3NO4. The van der Waals surface area contributed by atoms with Crippen LogP contribution < -0.4 is 4.74 Å². The van der Waals surface area contributed by atoms with Crippen LogP contribution >= 0.6 is 0 Å². The van der Waals surface area contributed by atoms with Crippen LogP contribution in [0.4, 0.5) is 13.2 Å². The standard InChI is InChI=1S/C15H18F3NO4/c1-21-9-12-8-13(19-23-12)10-2-4-11(5-3-10)22-7-6-14(20)15(16,17)18/h2-5,12,14,20H,6-9H2,1H3. The lowest BCUT2D eigenvalue weighted by Crippen LogP contribution is -2.30. The molecule has 1 aliphatic heterocycles. The summed E-state index contributed by atoms with van der Waals surface area (Å²) in [5.41, 5.74) is 1.64. The second-order valence-corrected chi connectivity index (χ2v) is 5.14. The third-order valence-corrected chi connectivity index (χ3v) is 3.31. The maximum Gasteiger partial charge on any atom is 0.414 e. The predicted octanol–water partition coefficient (Wildman–Crippen LogP) is 2.52. The molecule has 2 rings (SSSR count). The van der Waals surface area contributed by atoms with Gasteiger partial charge in [-0.25, -0.2) is 0 Å². The monoisotopic (exact) mass is 333 g/mol. The summed E-state index contributed by atoms with van der Waals surface area (Å²) >= 11 is 0. The number of aliphatic hydroxyl groups is 1. The molecule has 1 aromatic rings. The molecule has 0 spiro atoms. The Morgan fingerprint density at radius 2 is 2.04 bits per heavy atom. The molecule has 2 unspecified atom stereocenters. The highest BCUT2D eigenvalue weighted by atomic mass is 19.4. The highest BCUT2D eigenvalue weighted by molar-refractivity contribution is 6.01. The molecule has 0 fully saturated rings. The SMILES string of the molecule is COCC1CC(c2ccc(OCCC(O)C(F)(F)F)cc2)=NO1. The van der Waals surface area contributed by atoms with Gasteiger partial charge in [-0.15, -0.1) is 0 Å². The average Bonchev–Trinajstić information content (AvgIpc) is 2.96. The minimum atomic E-state index is -4.62.